The van der Waals surface area contributed by atoms with Gasteiger partial charge in [-0.05, 0) is 24.1 Å². The molecule has 0 saturated carbocycles. The van der Waals surface area contributed by atoms with Crippen LogP contribution in [0, 0.1) is 17.5 Å². The average molecular weight is 160 g/mol. The molecule has 0 radical (unpaired) electrons. The molecule has 3 heteroatoms. The predicted molar refractivity (Wildman–Crippen MR) is 35.7 cm³/mol. The minimum absolute atomic E-state index is 0.460. The van der Waals surface area contributed by atoms with Gasteiger partial charge < -0.3 is 0 Å². The molecule has 1 rings (SSSR count). The summed E-state index contributed by atoms with van der Waals surface area (Å²) in [6.45, 7) is 1.74. The maximum absolute atomic E-state index is 12.4. The van der Waals surface area contributed by atoms with Gasteiger partial charge in [-0.25, -0.2) is 13.2 Å². The van der Waals surface area contributed by atoms with E-state index in [1.165, 1.54) is 0 Å². The molecular weight excluding hydrogens is 153 g/mol. The van der Waals surface area contributed by atoms with Gasteiger partial charge in [0.05, 0.1) is 0 Å². The molecule has 60 valence electrons. The maximum atomic E-state index is 12.4. The SMILES string of the molecule is CCc1cc(F)c(F)c(F)c1. The largest absolute Gasteiger partial charge is 0.204 e. The van der Waals surface area contributed by atoms with Crippen LogP contribution in [0.1, 0.15) is 12.5 Å². The first-order valence-corrected chi connectivity index (χ1v) is 3.28. The van der Waals surface area contributed by atoms with E-state index in [4.69, 9.17) is 0 Å². The van der Waals surface area contributed by atoms with E-state index < -0.39 is 17.5 Å². The molecule has 0 heterocycles. The van der Waals surface area contributed by atoms with Crippen molar-refractivity contribution >= 4 is 0 Å². The summed E-state index contributed by atoms with van der Waals surface area (Å²) in [6, 6.07) is 2.00. The summed E-state index contributed by atoms with van der Waals surface area (Å²) in [5.74, 6) is -3.65. The van der Waals surface area contributed by atoms with Crippen LogP contribution >= 0.6 is 0 Å². The zero-order valence-corrected chi connectivity index (χ0v) is 6.00. The number of hydrogen-bond acceptors (Lipinski definition) is 0. The number of rotatable bonds is 1. The van der Waals surface area contributed by atoms with Crippen molar-refractivity contribution in [1.82, 2.24) is 0 Å². The summed E-state index contributed by atoms with van der Waals surface area (Å²) in [5.41, 5.74) is 0.460. The third kappa shape index (κ3) is 1.53. The Morgan fingerprint density at radius 2 is 1.55 bits per heavy atom. The van der Waals surface area contributed by atoms with Crippen molar-refractivity contribution in [3.8, 4) is 0 Å². The first-order valence-electron chi connectivity index (χ1n) is 3.28. The number of benzene rings is 1. The van der Waals surface area contributed by atoms with Crippen LogP contribution in [-0.2, 0) is 6.42 Å². The fourth-order valence-corrected chi connectivity index (χ4v) is 0.812. The molecule has 0 aliphatic carbocycles. The smallest absolute Gasteiger partial charge is 0.194 e. The van der Waals surface area contributed by atoms with Gasteiger partial charge in [0.1, 0.15) is 0 Å². The number of hydrogen-bond donors (Lipinski definition) is 0. The Balaban J connectivity index is 3.21. The summed E-state index contributed by atoms with van der Waals surface area (Å²) in [7, 11) is 0. The lowest BCUT2D eigenvalue weighted by molar-refractivity contribution is 0.445. The summed E-state index contributed by atoms with van der Waals surface area (Å²) in [6.07, 6.45) is 0.494. The molecule has 1 aromatic carbocycles. The van der Waals surface area contributed by atoms with Crippen LogP contribution in [0.15, 0.2) is 12.1 Å². The molecular formula is C8H7F3. The second kappa shape index (κ2) is 2.95. The van der Waals surface area contributed by atoms with Crippen LogP contribution in [0.5, 0.6) is 0 Å². The van der Waals surface area contributed by atoms with Crippen LogP contribution in [0.2, 0.25) is 0 Å². The van der Waals surface area contributed by atoms with E-state index in [9.17, 15) is 13.2 Å². The zero-order chi connectivity index (χ0) is 8.43. The van der Waals surface area contributed by atoms with E-state index in [1.54, 1.807) is 6.92 Å². The van der Waals surface area contributed by atoms with Crippen molar-refractivity contribution in [3.63, 3.8) is 0 Å². The Bertz CT molecular complexity index is 245. The summed E-state index contributed by atoms with van der Waals surface area (Å²) < 4.78 is 37.1. The van der Waals surface area contributed by atoms with Gasteiger partial charge in [0.25, 0.3) is 0 Å². The molecule has 0 nitrogen and oxygen atoms in total. The van der Waals surface area contributed by atoms with Crippen molar-refractivity contribution in [3.05, 3.63) is 35.1 Å². The molecule has 0 aliphatic rings. The van der Waals surface area contributed by atoms with Crippen LogP contribution < -0.4 is 0 Å². The van der Waals surface area contributed by atoms with Crippen molar-refractivity contribution in [2.45, 2.75) is 13.3 Å². The molecule has 0 saturated heterocycles. The Morgan fingerprint density at radius 1 is 1.09 bits per heavy atom. The fraction of sp³-hybridized carbons (Fsp3) is 0.250. The van der Waals surface area contributed by atoms with E-state index in [0.717, 1.165) is 12.1 Å². The topological polar surface area (TPSA) is 0 Å². The summed E-state index contributed by atoms with van der Waals surface area (Å²) in [5, 5.41) is 0. The van der Waals surface area contributed by atoms with Crippen LogP contribution in [0.3, 0.4) is 0 Å². The van der Waals surface area contributed by atoms with E-state index in [-0.39, 0.29) is 0 Å². The van der Waals surface area contributed by atoms with Crippen molar-refractivity contribution in [1.29, 1.82) is 0 Å². The third-order valence-corrected chi connectivity index (χ3v) is 1.45. The molecule has 11 heavy (non-hydrogen) atoms. The average Bonchev–Trinajstić information content (AvgIpc) is 1.99. The Kier molecular flexibility index (Phi) is 2.17. The van der Waals surface area contributed by atoms with E-state index in [1.807, 2.05) is 0 Å². The van der Waals surface area contributed by atoms with E-state index in [2.05, 4.69) is 0 Å². The molecule has 0 atom stereocenters. The molecule has 0 N–H and O–H groups in total. The Labute approximate surface area is 62.7 Å². The monoisotopic (exact) mass is 160 g/mol. The molecule has 0 aliphatic heterocycles. The lowest BCUT2D eigenvalue weighted by atomic mass is 10.1. The van der Waals surface area contributed by atoms with Crippen LogP contribution in [0.25, 0.3) is 0 Å². The quantitative estimate of drug-likeness (QED) is 0.554. The first-order chi connectivity index (χ1) is 5.15. The van der Waals surface area contributed by atoms with Gasteiger partial charge in [-0.3, -0.25) is 0 Å². The summed E-state index contributed by atoms with van der Waals surface area (Å²) >= 11 is 0. The summed E-state index contributed by atoms with van der Waals surface area (Å²) in [4.78, 5) is 0. The molecule has 0 aromatic heterocycles. The van der Waals surface area contributed by atoms with E-state index in [0.29, 0.717) is 12.0 Å². The molecule has 0 fully saturated rings. The van der Waals surface area contributed by atoms with Gasteiger partial charge in [-0.1, -0.05) is 6.92 Å². The van der Waals surface area contributed by atoms with Gasteiger partial charge in [-0.2, -0.15) is 0 Å². The normalized spacial score (nSPS) is 10.2. The highest BCUT2D eigenvalue weighted by molar-refractivity contribution is 5.19. The Morgan fingerprint density at radius 3 is 1.91 bits per heavy atom. The lowest BCUT2D eigenvalue weighted by Crippen LogP contribution is -1.92. The fourth-order valence-electron chi connectivity index (χ4n) is 0.812. The van der Waals surface area contributed by atoms with E-state index >= 15 is 0 Å². The number of halogens is 3. The lowest BCUT2D eigenvalue weighted by Gasteiger charge is -1.98. The van der Waals surface area contributed by atoms with Crippen molar-refractivity contribution in [2.75, 3.05) is 0 Å². The van der Waals surface area contributed by atoms with Gasteiger partial charge >= 0.3 is 0 Å². The maximum Gasteiger partial charge on any atom is 0.194 e. The van der Waals surface area contributed by atoms with Gasteiger partial charge in [-0.15, -0.1) is 0 Å². The Hall–Kier alpha value is -0.990. The van der Waals surface area contributed by atoms with Crippen molar-refractivity contribution < 1.29 is 13.2 Å². The minimum Gasteiger partial charge on any atom is -0.204 e. The van der Waals surface area contributed by atoms with Crippen LogP contribution in [-0.4, -0.2) is 0 Å². The molecule has 0 amide bonds. The van der Waals surface area contributed by atoms with Gasteiger partial charge in [0, 0.05) is 0 Å². The van der Waals surface area contributed by atoms with Crippen molar-refractivity contribution in [2.24, 2.45) is 0 Å². The van der Waals surface area contributed by atoms with Crippen LogP contribution in [0.4, 0.5) is 13.2 Å². The highest BCUT2D eigenvalue weighted by Gasteiger charge is 2.08. The molecule has 1 aromatic rings. The number of aryl methyl sites for hydroxylation is 1. The highest BCUT2D eigenvalue weighted by Crippen LogP contribution is 2.13. The minimum atomic E-state index is -1.40. The second-order valence-electron chi connectivity index (χ2n) is 2.23. The standard InChI is InChI=1S/C8H7F3/c1-2-5-3-6(9)8(11)7(10)4-5/h3-4H,2H2,1H3. The highest BCUT2D eigenvalue weighted by atomic mass is 19.2. The molecule has 0 spiro atoms. The van der Waals surface area contributed by atoms with Gasteiger partial charge in [0.15, 0.2) is 17.5 Å². The third-order valence-electron chi connectivity index (χ3n) is 1.45. The zero-order valence-electron chi connectivity index (χ0n) is 6.00. The second-order valence-corrected chi connectivity index (χ2v) is 2.23. The molecule has 0 bridgehead atoms. The predicted octanol–water partition coefficient (Wildman–Crippen LogP) is 2.67. The molecule has 0 unspecified atom stereocenters. The first kappa shape index (κ1) is 8.11. The van der Waals surface area contributed by atoms with Gasteiger partial charge in [0.2, 0.25) is 0 Å².